The predicted octanol–water partition coefficient (Wildman–Crippen LogP) is 0.147. The highest BCUT2D eigenvalue weighted by Crippen LogP contribution is 2.57. The standard InChI is InChI=1S/C19H31N5O2S/c1-11-21-22-18-19(2-3-19)20-10-14-13-8-12(9-15(13)27-17(14)24(11)18)16(25)23-4-6-26-7-5-23/h11-15,17-18,20-22H,2-10H2,1H3/t11?,12-,13?,14?,15?,17?,18?/m0/s1. The van der Waals surface area contributed by atoms with Gasteiger partial charge in [-0.3, -0.25) is 9.69 Å². The normalized spacial score (nSPS) is 48.2. The van der Waals surface area contributed by atoms with Crippen molar-refractivity contribution in [2.75, 3.05) is 32.8 Å². The van der Waals surface area contributed by atoms with Gasteiger partial charge in [0.1, 0.15) is 0 Å². The Bertz CT molecular complexity index is 625. The Morgan fingerprint density at radius 3 is 2.74 bits per heavy atom. The average molecular weight is 394 g/mol. The molecular formula is C19H31N5O2S. The second kappa shape index (κ2) is 6.31. The predicted molar refractivity (Wildman–Crippen MR) is 104 cm³/mol. The molecule has 4 saturated heterocycles. The number of hydrogen-bond donors (Lipinski definition) is 3. The molecule has 6 aliphatic rings. The number of ether oxygens (including phenoxy) is 1. The lowest BCUT2D eigenvalue weighted by Crippen LogP contribution is -2.54. The van der Waals surface area contributed by atoms with Crippen molar-refractivity contribution in [2.24, 2.45) is 17.8 Å². The average Bonchev–Trinajstić information content (AvgIpc) is 3.06. The number of carbonyl (C=O) groups excluding carboxylic acids is 1. The third-order valence-electron chi connectivity index (χ3n) is 7.92. The molecule has 0 aromatic carbocycles. The zero-order chi connectivity index (χ0) is 18.2. The van der Waals surface area contributed by atoms with Gasteiger partial charge in [-0.1, -0.05) is 0 Å². The van der Waals surface area contributed by atoms with Gasteiger partial charge in [0.25, 0.3) is 0 Å². The Hall–Kier alpha value is -0.380. The first-order chi connectivity index (χ1) is 13.2. The van der Waals surface area contributed by atoms with Crippen LogP contribution in [-0.2, 0) is 9.53 Å². The smallest absolute Gasteiger partial charge is 0.225 e. The molecule has 6 unspecified atom stereocenters. The summed E-state index contributed by atoms with van der Waals surface area (Å²) in [5, 5.41) is 5.15. The first-order valence-electron chi connectivity index (χ1n) is 10.7. The van der Waals surface area contributed by atoms with Crippen LogP contribution in [0, 0.1) is 17.8 Å². The number of carbonyl (C=O) groups is 1. The molecule has 4 heterocycles. The molecule has 150 valence electrons. The van der Waals surface area contributed by atoms with Crippen LogP contribution in [0.15, 0.2) is 0 Å². The minimum Gasteiger partial charge on any atom is -0.378 e. The van der Waals surface area contributed by atoms with Crippen molar-refractivity contribution in [3.05, 3.63) is 0 Å². The summed E-state index contributed by atoms with van der Waals surface area (Å²) in [6.45, 7) is 6.34. The van der Waals surface area contributed by atoms with Crippen LogP contribution in [0.2, 0.25) is 0 Å². The Morgan fingerprint density at radius 2 is 1.96 bits per heavy atom. The Balaban J connectivity index is 1.20. The molecule has 2 saturated carbocycles. The van der Waals surface area contributed by atoms with E-state index in [2.05, 4.69) is 39.8 Å². The molecule has 2 aliphatic carbocycles. The molecule has 1 amide bonds. The number of rotatable bonds is 1. The van der Waals surface area contributed by atoms with E-state index < -0.39 is 0 Å². The van der Waals surface area contributed by atoms with Gasteiger partial charge in [-0.05, 0) is 38.5 Å². The first-order valence-corrected chi connectivity index (χ1v) is 11.7. The van der Waals surface area contributed by atoms with Crippen molar-refractivity contribution in [3.8, 4) is 0 Å². The van der Waals surface area contributed by atoms with Crippen molar-refractivity contribution >= 4 is 17.7 Å². The van der Waals surface area contributed by atoms with E-state index in [0.29, 0.717) is 53.9 Å². The van der Waals surface area contributed by atoms with Crippen LogP contribution in [0.5, 0.6) is 0 Å². The summed E-state index contributed by atoms with van der Waals surface area (Å²) in [6, 6.07) is 0. The van der Waals surface area contributed by atoms with Crippen molar-refractivity contribution in [2.45, 2.75) is 61.1 Å². The van der Waals surface area contributed by atoms with Crippen LogP contribution in [0.3, 0.4) is 0 Å². The maximum atomic E-state index is 13.0. The summed E-state index contributed by atoms with van der Waals surface area (Å²) < 4.78 is 5.42. The van der Waals surface area contributed by atoms with E-state index in [1.807, 2.05) is 4.90 Å². The molecule has 0 bridgehead atoms. The molecule has 3 N–H and O–H groups in total. The SMILES string of the molecule is CC1NNC2N1C1SC3C[C@@H](C(=O)N4CCOCC4)CC3C1CNC21CC1. The van der Waals surface area contributed by atoms with Gasteiger partial charge < -0.3 is 15.0 Å². The van der Waals surface area contributed by atoms with Gasteiger partial charge in [0.2, 0.25) is 5.91 Å². The molecule has 27 heavy (non-hydrogen) atoms. The highest BCUT2D eigenvalue weighted by atomic mass is 32.2. The number of amides is 1. The number of thioether (sulfide) groups is 1. The van der Waals surface area contributed by atoms with Gasteiger partial charge in [-0.25, -0.2) is 10.9 Å². The van der Waals surface area contributed by atoms with E-state index in [0.717, 1.165) is 32.5 Å². The van der Waals surface area contributed by atoms with Crippen molar-refractivity contribution in [1.29, 1.82) is 0 Å². The van der Waals surface area contributed by atoms with Crippen molar-refractivity contribution in [3.63, 3.8) is 0 Å². The van der Waals surface area contributed by atoms with E-state index >= 15 is 0 Å². The number of nitrogens with zero attached hydrogens (tertiary/aromatic N) is 2. The van der Waals surface area contributed by atoms with Gasteiger partial charge in [0.05, 0.1) is 30.9 Å². The summed E-state index contributed by atoms with van der Waals surface area (Å²) in [4.78, 5) is 17.8. The lowest BCUT2D eigenvalue weighted by molar-refractivity contribution is -0.139. The van der Waals surface area contributed by atoms with E-state index in [1.54, 1.807) is 0 Å². The van der Waals surface area contributed by atoms with Crippen LogP contribution < -0.4 is 16.2 Å². The fraction of sp³-hybridized carbons (Fsp3) is 0.947. The minimum atomic E-state index is 0.229. The zero-order valence-corrected chi connectivity index (χ0v) is 16.8. The zero-order valence-electron chi connectivity index (χ0n) is 16.0. The van der Waals surface area contributed by atoms with Crippen molar-refractivity contribution in [1.82, 2.24) is 26.0 Å². The summed E-state index contributed by atoms with van der Waals surface area (Å²) in [5.41, 5.74) is 7.32. The molecule has 8 heteroatoms. The summed E-state index contributed by atoms with van der Waals surface area (Å²) in [7, 11) is 0. The summed E-state index contributed by atoms with van der Waals surface area (Å²) in [5.74, 6) is 1.94. The first kappa shape index (κ1) is 17.5. The number of hydrazine groups is 1. The van der Waals surface area contributed by atoms with Gasteiger partial charge in [-0.15, -0.1) is 11.8 Å². The molecular weight excluding hydrogens is 362 g/mol. The number of fused-ring (bicyclic) bond motifs is 6. The minimum absolute atomic E-state index is 0.229. The number of morpholine rings is 1. The fourth-order valence-corrected chi connectivity index (χ4v) is 8.44. The number of hydrogen-bond acceptors (Lipinski definition) is 7. The highest BCUT2D eigenvalue weighted by Gasteiger charge is 2.62. The number of nitrogens with one attached hydrogen (secondary N) is 3. The largest absolute Gasteiger partial charge is 0.378 e. The quantitative estimate of drug-likeness (QED) is 0.586. The van der Waals surface area contributed by atoms with Gasteiger partial charge in [-0.2, -0.15) is 0 Å². The topological polar surface area (TPSA) is 68.9 Å². The second-order valence-corrected chi connectivity index (χ2v) is 10.7. The van der Waals surface area contributed by atoms with Gasteiger partial charge >= 0.3 is 0 Å². The third-order valence-corrected chi connectivity index (χ3v) is 9.69. The lowest BCUT2D eigenvalue weighted by atomic mass is 9.89. The second-order valence-electron chi connectivity index (χ2n) is 9.35. The molecule has 6 rings (SSSR count). The summed E-state index contributed by atoms with van der Waals surface area (Å²) >= 11 is 2.17. The molecule has 0 aromatic rings. The van der Waals surface area contributed by atoms with E-state index in [1.165, 1.54) is 12.8 Å². The molecule has 7 atom stereocenters. The Labute approximate surface area is 165 Å². The van der Waals surface area contributed by atoms with Crippen LogP contribution in [0.1, 0.15) is 32.6 Å². The highest BCUT2D eigenvalue weighted by molar-refractivity contribution is 8.00. The third kappa shape index (κ3) is 2.64. The van der Waals surface area contributed by atoms with Gasteiger partial charge in [0, 0.05) is 42.3 Å². The Morgan fingerprint density at radius 1 is 1.15 bits per heavy atom. The monoisotopic (exact) mass is 393 g/mol. The van der Waals surface area contributed by atoms with E-state index in [9.17, 15) is 4.79 Å². The van der Waals surface area contributed by atoms with Crippen LogP contribution in [0.25, 0.3) is 0 Å². The van der Waals surface area contributed by atoms with Gasteiger partial charge in [0.15, 0.2) is 0 Å². The molecule has 0 aromatic heterocycles. The van der Waals surface area contributed by atoms with E-state index in [4.69, 9.17) is 4.74 Å². The van der Waals surface area contributed by atoms with Crippen LogP contribution >= 0.6 is 11.8 Å². The lowest BCUT2D eigenvalue weighted by Gasteiger charge is -2.35. The maximum Gasteiger partial charge on any atom is 0.225 e. The molecule has 6 fully saturated rings. The molecule has 7 nitrogen and oxygen atoms in total. The van der Waals surface area contributed by atoms with Crippen LogP contribution in [-0.4, -0.2) is 77.0 Å². The fourth-order valence-electron chi connectivity index (χ4n) is 6.28. The maximum absolute atomic E-state index is 13.0. The van der Waals surface area contributed by atoms with Crippen molar-refractivity contribution < 1.29 is 9.53 Å². The molecule has 0 radical (unpaired) electrons. The molecule has 4 aliphatic heterocycles. The Kier molecular flexibility index (Phi) is 4.08. The van der Waals surface area contributed by atoms with E-state index in [-0.39, 0.29) is 11.5 Å². The molecule has 1 spiro atoms. The summed E-state index contributed by atoms with van der Waals surface area (Å²) in [6.07, 6.45) is 5.46. The van der Waals surface area contributed by atoms with Crippen LogP contribution in [0.4, 0.5) is 0 Å².